The van der Waals surface area contributed by atoms with E-state index in [2.05, 4.69) is 9.72 Å². The molecule has 0 saturated carbocycles. The summed E-state index contributed by atoms with van der Waals surface area (Å²) in [7, 11) is 1.27. The van der Waals surface area contributed by atoms with Crippen molar-refractivity contribution in [2.45, 2.75) is 10.4 Å². The fourth-order valence-corrected chi connectivity index (χ4v) is 2.78. The standard InChI is InChI=1S/C12H8F3NO2S2/c1-18-11(17)9-6-16-10(19-9)7-2-4-8(5-3-7)20-12(13,14)15/h2-6H,1H3. The van der Waals surface area contributed by atoms with Gasteiger partial charge in [0.15, 0.2) is 0 Å². The molecule has 0 saturated heterocycles. The summed E-state index contributed by atoms with van der Waals surface area (Å²) in [5.74, 6) is -0.488. The van der Waals surface area contributed by atoms with Crippen LogP contribution in [0.3, 0.4) is 0 Å². The summed E-state index contributed by atoms with van der Waals surface area (Å²) in [6, 6.07) is 5.81. The van der Waals surface area contributed by atoms with Gasteiger partial charge >= 0.3 is 11.5 Å². The maximum Gasteiger partial charge on any atom is 0.446 e. The van der Waals surface area contributed by atoms with Crippen molar-refractivity contribution in [1.29, 1.82) is 0 Å². The highest BCUT2D eigenvalue weighted by atomic mass is 32.2. The van der Waals surface area contributed by atoms with Gasteiger partial charge in [0.05, 0.1) is 13.3 Å². The number of rotatable bonds is 3. The molecule has 1 heterocycles. The van der Waals surface area contributed by atoms with Crippen molar-refractivity contribution in [3.63, 3.8) is 0 Å². The molecule has 3 nitrogen and oxygen atoms in total. The van der Waals surface area contributed by atoms with Gasteiger partial charge < -0.3 is 4.74 Å². The average molecular weight is 319 g/mol. The van der Waals surface area contributed by atoms with Crippen molar-refractivity contribution in [3.8, 4) is 10.6 Å². The van der Waals surface area contributed by atoms with Crippen LogP contribution in [0.25, 0.3) is 10.6 Å². The van der Waals surface area contributed by atoms with Gasteiger partial charge in [-0.2, -0.15) is 13.2 Å². The van der Waals surface area contributed by atoms with E-state index in [1.165, 1.54) is 37.6 Å². The fourth-order valence-electron chi connectivity index (χ4n) is 1.40. The van der Waals surface area contributed by atoms with E-state index in [0.717, 1.165) is 11.3 Å². The van der Waals surface area contributed by atoms with Crippen LogP contribution >= 0.6 is 23.1 Å². The number of carbonyl (C=O) groups excluding carboxylic acids is 1. The minimum absolute atomic E-state index is 0.103. The molecule has 0 bridgehead atoms. The second-order valence-electron chi connectivity index (χ2n) is 3.59. The van der Waals surface area contributed by atoms with Gasteiger partial charge in [-0.15, -0.1) is 11.3 Å². The lowest BCUT2D eigenvalue weighted by atomic mass is 10.2. The van der Waals surface area contributed by atoms with E-state index in [-0.39, 0.29) is 16.7 Å². The van der Waals surface area contributed by atoms with E-state index in [1.54, 1.807) is 0 Å². The van der Waals surface area contributed by atoms with Gasteiger partial charge in [0, 0.05) is 10.5 Å². The Labute approximate surface area is 120 Å². The lowest BCUT2D eigenvalue weighted by Gasteiger charge is -2.05. The molecule has 0 amide bonds. The predicted octanol–water partition coefficient (Wildman–Crippen LogP) is 4.21. The third-order valence-electron chi connectivity index (χ3n) is 2.23. The first-order valence-corrected chi connectivity index (χ1v) is 6.92. The molecule has 0 fully saturated rings. The number of benzene rings is 1. The number of hydrogen-bond acceptors (Lipinski definition) is 5. The number of carbonyl (C=O) groups is 1. The summed E-state index contributed by atoms with van der Waals surface area (Å²) in [4.78, 5) is 15.8. The van der Waals surface area contributed by atoms with Crippen molar-refractivity contribution in [2.75, 3.05) is 7.11 Å². The highest BCUT2D eigenvalue weighted by Gasteiger charge is 2.29. The molecule has 0 unspecified atom stereocenters. The average Bonchev–Trinajstić information content (AvgIpc) is 2.86. The Morgan fingerprint density at radius 2 is 1.95 bits per heavy atom. The molecule has 0 aliphatic rings. The van der Waals surface area contributed by atoms with Crippen LogP contribution in [0.1, 0.15) is 9.67 Å². The van der Waals surface area contributed by atoms with Crippen molar-refractivity contribution >= 4 is 29.1 Å². The minimum Gasteiger partial charge on any atom is -0.465 e. The second kappa shape index (κ2) is 5.84. The number of nitrogens with zero attached hydrogens (tertiary/aromatic N) is 1. The van der Waals surface area contributed by atoms with E-state index >= 15 is 0 Å². The zero-order chi connectivity index (χ0) is 14.8. The lowest BCUT2D eigenvalue weighted by Crippen LogP contribution is -1.98. The van der Waals surface area contributed by atoms with Crippen molar-refractivity contribution in [3.05, 3.63) is 35.3 Å². The van der Waals surface area contributed by atoms with Crippen LogP contribution in [0, 0.1) is 0 Å². The molecule has 8 heteroatoms. The number of esters is 1. The first kappa shape index (κ1) is 14.9. The molecule has 0 N–H and O–H groups in total. The molecular formula is C12H8F3NO2S2. The second-order valence-corrected chi connectivity index (χ2v) is 5.76. The first-order chi connectivity index (χ1) is 9.39. The lowest BCUT2D eigenvalue weighted by molar-refractivity contribution is -0.0328. The number of hydrogen-bond donors (Lipinski definition) is 0. The number of ether oxygens (including phenoxy) is 1. The van der Waals surface area contributed by atoms with Gasteiger partial charge in [0.1, 0.15) is 9.88 Å². The Bertz CT molecular complexity index is 608. The topological polar surface area (TPSA) is 39.2 Å². The Balaban J connectivity index is 2.18. The third-order valence-corrected chi connectivity index (χ3v) is 3.99. The van der Waals surface area contributed by atoms with Gasteiger partial charge in [-0.05, 0) is 23.9 Å². The number of halogens is 3. The molecule has 0 atom stereocenters. The summed E-state index contributed by atoms with van der Waals surface area (Å²) >= 11 is 0.950. The molecule has 20 heavy (non-hydrogen) atoms. The largest absolute Gasteiger partial charge is 0.465 e. The minimum atomic E-state index is -4.30. The van der Waals surface area contributed by atoms with Gasteiger partial charge in [0.2, 0.25) is 0 Å². The summed E-state index contributed by atoms with van der Waals surface area (Å²) < 4.78 is 41.2. The number of thiazole rings is 1. The van der Waals surface area contributed by atoms with Crippen LogP contribution in [0.15, 0.2) is 35.4 Å². The molecule has 106 valence electrons. The van der Waals surface area contributed by atoms with Gasteiger partial charge in [-0.25, -0.2) is 9.78 Å². The summed E-state index contributed by atoms with van der Waals surface area (Å²) in [6.07, 6.45) is 1.38. The molecule has 0 radical (unpaired) electrons. The molecule has 2 aromatic rings. The summed E-state index contributed by atoms with van der Waals surface area (Å²) in [5.41, 5.74) is -3.66. The van der Waals surface area contributed by atoms with E-state index in [4.69, 9.17) is 0 Å². The highest BCUT2D eigenvalue weighted by Crippen LogP contribution is 2.37. The molecule has 1 aromatic heterocycles. The molecule has 0 aliphatic heterocycles. The summed E-state index contributed by atoms with van der Waals surface area (Å²) in [6.45, 7) is 0. The Kier molecular flexibility index (Phi) is 4.34. The third kappa shape index (κ3) is 3.73. The SMILES string of the molecule is COC(=O)c1cnc(-c2ccc(SC(F)(F)F)cc2)s1. The van der Waals surface area contributed by atoms with E-state index in [1.807, 2.05) is 0 Å². The van der Waals surface area contributed by atoms with Crippen LogP contribution in [0.5, 0.6) is 0 Å². The zero-order valence-corrected chi connectivity index (χ0v) is 11.7. The molecular weight excluding hydrogens is 311 g/mol. The molecule has 2 rings (SSSR count). The van der Waals surface area contributed by atoms with Crippen molar-refractivity contribution < 1.29 is 22.7 Å². The van der Waals surface area contributed by atoms with Gasteiger partial charge in [-0.3, -0.25) is 0 Å². The van der Waals surface area contributed by atoms with Crippen LogP contribution in [0.2, 0.25) is 0 Å². The fraction of sp³-hybridized carbons (Fsp3) is 0.167. The predicted molar refractivity (Wildman–Crippen MR) is 70.8 cm³/mol. The Hall–Kier alpha value is -1.54. The summed E-state index contributed by atoms with van der Waals surface area (Å²) in [5, 5.41) is 0.550. The monoisotopic (exact) mass is 319 g/mol. The number of methoxy groups -OCH3 is 1. The molecule has 0 aliphatic carbocycles. The van der Waals surface area contributed by atoms with Crippen LogP contribution < -0.4 is 0 Å². The number of aromatic nitrogens is 1. The van der Waals surface area contributed by atoms with Crippen molar-refractivity contribution in [2.24, 2.45) is 0 Å². The smallest absolute Gasteiger partial charge is 0.446 e. The normalized spacial score (nSPS) is 11.4. The first-order valence-electron chi connectivity index (χ1n) is 5.29. The zero-order valence-electron chi connectivity index (χ0n) is 10.1. The number of alkyl halides is 3. The highest BCUT2D eigenvalue weighted by molar-refractivity contribution is 8.00. The Morgan fingerprint density at radius 1 is 1.30 bits per heavy atom. The van der Waals surface area contributed by atoms with E-state index in [0.29, 0.717) is 15.4 Å². The van der Waals surface area contributed by atoms with Crippen molar-refractivity contribution in [1.82, 2.24) is 4.98 Å². The van der Waals surface area contributed by atoms with Gasteiger partial charge in [-0.1, -0.05) is 12.1 Å². The quantitative estimate of drug-likeness (QED) is 0.627. The molecule has 0 spiro atoms. The maximum atomic E-state index is 12.2. The van der Waals surface area contributed by atoms with Crippen LogP contribution in [-0.2, 0) is 4.74 Å². The van der Waals surface area contributed by atoms with E-state index < -0.39 is 11.5 Å². The Morgan fingerprint density at radius 3 is 2.50 bits per heavy atom. The van der Waals surface area contributed by atoms with Gasteiger partial charge in [0.25, 0.3) is 0 Å². The maximum absolute atomic E-state index is 12.2. The van der Waals surface area contributed by atoms with Crippen LogP contribution in [-0.4, -0.2) is 23.6 Å². The van der Waals surface area contributed by atoms with E-state index in [9.17, 15) is 18.0 Å². The number of thioether (sulfide) groups is 1. The molecule has 1 aromatic carbocycles. The van der Waals surface area contributed by atoms with Crippen LogP contribution in [0.4, 0.5) is 13.2 Å².